The molecule has 33 heteroatoms. The first-order valence-corrected chi connectivity index (χ1v) is 53.6. The summed E-state index contributed by atoms with van der Waals surface area (Å²) in [5, 5.41) is 7.51. The van der Waals surface area contributed by atoms with E-state index in [4.69, 9.17) is 108 Å². The van der Waals surface area contributed by atoms with Crippen molar-refractivity contribution in [2.24, 2.45) is 103 Å². The number of nitriles is 1. The van der Waals surface area contributed by atoms with Crippen molar-refractivity contribution in [3.05, 3.63) is 12.7 Å². The highest BCUT2D eigenvalue weighted by molar-refractivity contribution is 4.93. The highest BCUT2D eigenvalue weighted by Crippen LogP contribution is 2.13. The molecule has 0 aliphatic rings. The van der Waals surface area contributed by atoms with Gasteiger partial charge in [-0.1, -0.05) is 20.4 Å². The van der Waals surface area contributed by atoms with Crippen LogP contribution in [-0.4, -0.2) is 461 Å². The van der Waals surface area contributed by atoms with Crippen LogP contribution < -0.4 is 103 Å². The molecule has 0 aromatic carbocycles. The predicted molar refractivity (Wildman–Crippen MR) is 568 cm³/mol. The van der Waals surface area contributed by atoms with Crippen LogP contribution in [0.1, 0.15) is 219 Å². The number of nitrogens with two attached hydrogens (primary N) is 18. The first-order valence-electron chi connectivity index (χ1n) is 53.6. The van der Waals surface area contributed by atoms with Crippen molar-refractivity contribution >= 4 is 0 Å². The lowest BCUT2D eigenvalue weighted by atomic mass is 10.2. The summed E-state index contributed by atoms with van der Waals surface area (Å²) < 4.78 is 0. The second-order valence-electron chi connectivity index (χ2n) is 35.6. The zero-order chi connectivity index (χ0) is 96.6. The predicted octanol–water partition coefficient (Wildman–Crippen LogP) is 1.66. The van der Waals surface area contributed by atoms with Crippen LogP contribution >= 0.6 is 0 Å². The molecule has 0 aromatic heterocycles. The highest BCUT2D eigenvalue weighted by atomic mass is 15.2. The Balaban J connectivity index is -0.00000619. The Kier molecular flexibility index (Phi) is 116. The quantitative estimate of drug-likeness (QED) is 0.0304. The van der Waals surface area contributed by atoms with E-state index in [1.165, 1.54) is 18.9 Å². The summed E-state index contributed by atoms with van der Waals surface area (Å²) in [6, 6.07) is 1.69. The Morgan fingerprint density at radius 3 is 0.262 bits per heavy atom. The highest BCUT2D eigenvalue weighted by Gasteiger charge is 2.20. The van der Waals surface area contributed by atoms with Crippen LogP contribution in [0.3, 0.4) is 0 Å². The maximum absolute atomic E-state index is 7.51. The van der Waals surface area contributed by atoms with E-state index < -0.39 is 0 Å². The lowest BCUT2D eigenvalue weighted by Gasteiger charge is -2.30. The van der Waals surface area contributed by atoms with Crippen LogP contribution in [0.25, 0.3) is 0 Å². The second kappa shape index (κ2) is 112. The van der Waals surface area contributed by atoms with Crippen molar-refractivity contribution < 1.29 is 0 Å². The third-order valence-electron chi connectivity index (χ3n) is 24.2. The zero-order valence-electron chi connectivity index (χ0n) is 85.9. The summed E-state index contributed by atoms with van der Waals surface area (Å²) in [5.41, 5.74) is 108. The molecule has 0 amide bonds. The topological polar surface area (TPSA) is 538 Å². The molecule has 0 atom stereocenters. The van der Waals surface area contributed by atoms with E-state index in [-0.39, 0.29) is 0 Å². The van der Waals surface area contributed by atoms with Crippen molar-refractivity contribution in [1.82, 2.24) is 68.6 Å². The third-order valence-corrected chi connectivity index (χ3v) is 24.2. The van der Waals surface area contributed by atoms with E-state index in [2.05, 4.69) is 75.2 Å². The minimum Gasteiger partial charge on any atom is -0.330 e. The summed E-state index contributed by atoms with van der Waals surface area (Å²) in [5.74, 6) is 0. The van der Waals surface area contributed by atoms with Crippen molar-refractivity contribution in [3.8, 4) is 6.07 Å². The minimum absolute atomic E-state index is 0.718. The maximum Gasteiger partial charge on any atom is 0.0905 e. The van der Waals surface area contributed by atoms with Crippen molar-refractivity contribution in [2.45, 2.75) is 219 Å². The third kappa shape index (κ3) is 93.6. The van der Waals surface area contributed by atoms with Crippen molar-refractivity contribution in [1.29, 1.82) is 5.26 Å². The van der Waals surface area contributed by atoms with Crippen LogP contribution in [-0.2, 0) is 0 Å². The standard InChI is InChI=1S/C88H208N30.C4H12N2.C3H3N.C2H6/c89-31-3-49-107(50-4-32-90)69-23-81-115(82-24-70-108(51-5-33-91)52-6-34-92)77-19-65-105(66-20-78-116(83-25-71-109(53-7-35-93)54-8-36-94)84-26-72-110(55-9-37-95)56-10-38-96)47-1-2-48-106(67-21-79-117(85-27-73-111(57-11-39-97)58-12-40-98)86-28-74-112(59-13-41-99)60-14-42-100)68-22-80-118(87-29-75-113(61-15-43-101)62-16-44-102)88-30-76-114(63-17-45-103)64-18-46-104;5-3-1-2-4-6;1-2-3-4;1-2/h1-104H2;1-6H2;2H,1H2;1-2H3. The van der Waals surface area contributed by atoms with Gasteiger partial charge in [0.05, 0.1) is 6.07 Å². The average Bonchev–Trinajstić information content (AvgIpc) is 0.945. The Bertz CT molecular complexity index is 1720. The number of hydrogen-bond acceptors (Lipinski definition) is 33. The van der Waals surface area contributed by atoms with E-state index in [9.17, 15) is 0 Å². The smallest absolute Gasteiger partial charge is 0.0905 e. The molecule has 0 spiro atoms. The molecule has 0 saturated heterocycles. The zero-order valence-corrected chi connectivity index (χ0v) is 85.9. The Hall–Kier alpha value is -2.05. The van der Waals surface area contributed by atoms with E-state index in [1.54, 1.807) is 6.07 Å². The number of unbranched alkanes of at least 4 members (excludes halogenated alkanes) is 2. The SMILES string of the molecule is C=CC#N.CC.NCCCCN.NCCCN(CCCN)CCCN(CCCN(CCCN)CCCN)CCCN(CCCCN(CCCN(CCCN(CCCN)CCCN)CCCN(CCCN)CCCN)CCCN(CCCN(CCCN)CCCN)CCCN(CCCN)CCCN)CCCN(CCCN(CCCN)CCCN)CCCN(CCCN)CCCN. The van der Waals surface area contributed by atoms with Gasteiger partial charge in [0.15, 0.2) is 0 Å². The monoisotopic (exact) mass is 1860 g/mol. The molecule has 0 unspecified atom stereocenters. The summed E-state index contributed by atoms with van der Waals surface area (Å²) >= 11 is 0. The van der Waals surface area contributed by atoms with E-state index in [1.807, 2.05) is 13.8 Å². The lowest BCUT2D eigenvalue weighted by Crippen LogP contribution is -2.38. The first-order chi connectivity index (χ1) is 63.8. The molecule has 0 radical (unpaired) electrons. The molecule has 0 aliphatic heterocycles. The summed E-state index contributed by atoms with van der Waals surface area (Å²) in [4.78, 5) is 37.8. The Labute approximate surface area is 803 Å². The fourth-order valence-electron chi connectivity index (χ4n) is 16.9. The Morgan fingerprint density at radius 2 is 0.200 bits per heavy atom. The van der Waals surface area contributed by atoms with Gasteiger partial charge in [-0.15, -0.1) is 0 Å². The molecule has 0 rings (SSSR count). The Morgan fingerprint density at radius 1 is 0.138 bits per heavy atom. The van der Waals surface area contributed by atoms with Crippen LogP contribution in [0.4, 0.5) is 0 Å². The van der Waals surface area contributed by atoms with E-state index in [0.717, 1.165) is 585 Å². The summed E-state index contributed by atoms with van der Waals surface area (Å²) in [7, 11) is 0. The van der Waals surface area contributed by atoms with Gasteiger partial charge in [-0.25, -0.2) is 0 Å². The molecular weight excluding hydrogens is 1630 g/mol. The molecule has 0 fully saturated rings. The second-order valence-corrected chi connectivity index (χ2v) is 35.6. The molecule has 33 nitrogen and oxygen atoms in total. The number of hydrogen-bond donors (Lipinski definition) is 18. The molecule has 0 aliphatic carbocycles. The molecule has 782 valence electrons. The van der Waals surface area contributed by atoms with Crippen LogP contribution in [0.15, 0.2) is 12.7 Å². The average molecular weight is 1860 g/mol. The normalized spacial score (nSPS) is 12.0. The van der Waals surface area contributed by atoms with Gasteiger partial charge in [-0.2, -0.15) is 5.26 Å². The maximum atomic E-state index is 7.51. The van der Waals surface area contributed by atoms with E-state index in [0.29, 0.717) is 0 Å². The minimum atomic E-state index is 0.718. The largest absolute Gasteiger partial charge is 0.330 e. The van der Waals surface area contributed by atoms with Crippen LogP contribution in [0, 0.1) is 11.3 Å². The lowest BCUT2D eigenvalue weighted by molar-refractivity contribution is 0.174. The molecule has 0 aromatic rings. The van der Waals surface area contributed by atoms with Gasteiger partial charge in [0.2, 0.25) is 0 Å². The van der Waals surface area contributed by atoms with Crippen molar-refractivity contribution in [2.75, 3.05) is 393 Å². The van der Waals surface area contributed by atoms with Crippen LogP contribution in [0.2, 0.25) is 0 Å². The van der Waals surface area contributed by atoms with Crippen molar-refractivity contribution in [3.63, 3.8) is 0 Å². The molecule has 0 heterocycles. The van der Waals surface area contributed by atoms with E-state index >= 15 is 0 Å². The molecule has 36 N–H and O–H groups in total. The van der Waals surface area contributed by atoms with Gasteiger partial charge in [0.25, 0.3) is 0 Å². The summed E-state index contributed by atoms with van der Waals surface area (Å²) in [6.45, 7) is 65.2. The summed E-state index contributed by atoms with van der Waals surface area (Å²) in [6.07, 6.45) is 35.7. The fourth-order valence-corrected chi connectivity index (χ4v) is 16.9. The fraction of sp³-hybridized carbons (Fsp3) is 0.969. The van der Waals surface area contributed by atoms with Gasteiger partial charge in [0.1, 0.15) is 0 Å². The molecular formula is C97H229N33. The number of allylic oxidation sites excluding steroid dienone is 1. The molecule has 130 heavy (non-hydrogen) atoms. The van der Waals surface area contributed by atoms with Gasteiger partial charge in [0, 0.05) is 6.08 Å². The number of nitrogens with zero attached hydrogens (tertiary/aromatic N) is 15. The van der Waals surface area contributed by atoms with Crippen LogP contribution in [0.5, 0.6) is 0 Å². The van der Waals surface area contributed by atoms with Gasteiger partial charge < -0.3 is 172 Å². The number of rotatable bonds is 104. The molecule has 0 bridgehead atoms. The van der Waals surface area contributed by atoms with Gasteiger partial charge in [-0.3, -0.25) is 0 Å². The molecule has 0 saturated carbocycles. The van der Waals surface area contributed by atoms with Gasteiger partial charge in [-0.05, 0) is 598 Å². The van der Waals surface area contributed by atoms with Gasteiger partial charge >= 0.3 is 0 Å². The first kappa shape index (κ1) is 134.